The van der Waals surface area contributed by atoms with Crippen LogP contribution in [0.5, 0.6) is 5.75 Å². The molecule has 0 saturated heterocycles. The van der Waals surface area contributed by atoms with Gasteiger partial charge in [0, 0.05) is 43.9 Å². The summed E-state index contributed by atoms with van der Waals surface area (Å²) in [5.74, 6) is -1.28. The summed E-state index contributed by atoms with van der Waals surface area (Å²) in [6, 6.07) is 4.11. The number of hydrogen-bond acceptors (Lipinski definition) is 11. The van der Waals surface area contributed by atoms with Gasteiger partial charge in [-0.2, -0.15) is 0 Å². The number of oxazole rings is 1. The highest BCUT2D eigenvalue weighted by atomic mass is 32.2. The number of amidine groups is 1. The van der Waals surface area contributed by atoms with Crippen molar-refractivity contribution < 1.29 is 22.7 Å². The number of hydrogen-bond donors (Lipinski definition) is 2. The third kappa shape index (κ3) is 5.26. The van der Waals surface area contributed by atoms with Crippen LogP contribution < -0.4 is 15.8 Å². The summed E-state index contributed by atoms with van der Waals surface area (Å²) >= 11 is 1.10. The zero-order chi connectivity index (χ0) is 28.7. The first-order valence-electron chi connectivity index (χ1n) is 12.1. The van der Waals surface area contributed by atoms with Crippen LogP contribution in [0.15, 0.2) is 52.6 Å². The normalized spacial score (nSPS) is 20.7. The van der Waals surface area contributed by atoms with Crippen LogP contribution >= 0.6 is 11.8 Å². The number of aromatic nitrogens is 4. The molecule has 14 heteroatoms. The third-order valence-electron chi connectivity index (χ3n) is 6.39. The molecule has 0 unspecified atom stereocenters. The van der Waals surface area contributed by atoms with E-state index in [1.165, 1.54) is 36.0 Å². The van der Waals surface area contributed by atoms with Gasteiger partial charge in [-0.15, -0.1) is 0 Å². The number of fused-ring (bicyclic) bond motifs is 1. The lowest BCUT2D eigenvalue weighted by atomic mass is 9.82. The number of nitrogens with zero attached hydrogens (tertiary/aromatic N) is 6. The largest absolute Gasteiger partial charge is 0.482 e. The predicted molar refractivity (Wildman–Crippen MR) is 146 cm³/mol. The Morgan fingerprint density at radius 3 is 2.73 bits per heavy atom. The number of thioether (sulfide) groups is 1. The Balaban J connectivity index is 1.46. The molecule has 1 aromatic carbocycles. The van der Waals surface area contributed by atoms with E-state index in [1.807, 2.05) is 0 Å². The molecule has 0 aliphatic carbocycles. The fourth-order valence-electron chi connectivity index (χ4n) is 4.73. The Bertz CT molecular complexity index is 1620. The highest BCUT2D eigenvalue weighted by molar-refractivity contribution is 8.15. The van der Waals surface area contributed by atoms with E-state index in [1.54, 1.807) is 34.0 Å². The van der Waals surface area contributed by atoms with Crippen molar-refractivity contribution in [2.24, 2.45) is 10.7 Å². The van der Waals surface area contributed by atoms with E-state index < -0.39 is 21.9 Å². The van der Waals surface area contributed by atoms with E-state index >= 15 is 4.39 Å². The highest BCUT2D eigenvalue weighted by Crippen LogP contribution is 2.47. The first kappa shape index (κ1) is 27.2. The second-order valence-corrected chi connectivity index (χ2v) is 11.4. The average Bonchev–Trinajstić information content (AvgIpc) is 3.42. The molecule has 3 N–H and O–H groups in total. The van der Waals surface area contributed by atoms with Crippen molar-refractivity contribution in [2.45, 2.75) is 37.2 Å². The number of amides is 1. The lowest BCUT2D eigenvalue weighted by Crippen LogP contribution is -2.49. The van der Waals surface area contributed by atoms with Gasteiger partial charge in [-0.25, -0.2) is 28.7 Å². The van der Waals surface area contributed by atoms with E-state index in [-0.39, 0.29) is 41.2 Å². The SMILES string of the molecule is CN(C)C(=O)[C@@]1(C)C[C@@](C)(c2cc(Nc3ncnc4cc(OCc5ncco5)cnc34)cc(F)c2F)N=C(N)S1. The second-order valence-electron chi connectivity index (χ2n) is 9.85. The van der Waals surface area contributed by atoms with Crippen molar-refractivity contribution in [1.82, 2.24) is 24.8 Å². The molecule has 0 saturated carbocycles. The summed E-state index contributed by atoms with van der Waals surface area (Å²) in [7, 11) is 3.26. The molecule has 4 heterocycles. The van der Waals surface area contributed by atoms with Gasteiger partial charge < -0.3 is 25.1 Å². The van der Waals surface area contributed by atoms with E-state index in [9.17, 15) is 9.18 Å². The van der Waals surface area contributed by atoms with Crippen LogP contribution in [0, 0.1) is 11.6 Å². The number of pyridine rings is 1. The molecule has 40 heavy (non-hydrogen) atoms. The van der Waals surface area contributed by atoms with Gasteiger partial charge in [0.1, 0.15) is 28.6 Å². The monoisotopic (exact) mass is 568 g/mol. The molecule has 4 aromatic rings. The maximum Gasteiger partial charge on any atom is 0.238 e. The molecule has 208 valence electrons. The Morgan fingerprint density at radius 2 is 2.00 bits per heavy atom. The topological polar surface area (TPSA) is 145 Å². The Hall–Kier alpha value is -4.33. The summed E-state index contributed by atoms with van der Waals surface area (Å²) in [6.45, 7) is 3.46. The van der Waals surface area contributed by atoms with Gasteiger partial charge >= 0.3 is 0 Å². The molecule has 2 atom stereocenters. The molecule has 0 spiro atoms. The van der Waals surface area contributed by atoms with Crippen LogP contribution in [0.25, 0.3) is 11.0 Å². The number of halogens is 2. The molecule has 1 aliphatic heterocycles. The van der Waals surface area contributed by atoms with Gasteiger partial charge in [-0.3, -0.25) is 9.79 Å². The molecule has 5 rings (SSSR count). The maximum absolute atomic E-state index is 15.3. The number of nitrogens with one attached hydrogen (secondary N) is 1. The summed E-state index contributed by atoms with van der Waals surface area (Å²) in [5.41, 5.74) is 5.77. The van der Waals surface area contributed by atoms with Gasteiger partial charge in [0.2, 0.25) is 11.8 Å². The number of ether oxygens (including phenoxy) is 1. The molecule has 1 amide bonds. The second kappa shape index (κ2) is 10.3. The van der Waals surface area contributed by atoms with Crippen molar-refractivity contribution in [3.63, 3.8) is 0 Å². The number of rotatable bonds is 7. The average molecular weight is 569 g/mol. The van der Waals surface area contributed by atoms with Crippen LogP contribution in [0.2, 0.25) is 0 Å². The van der Waals surface area contributed by atoms with Crippen LogP contribution in [-0.2, 0) is 16.9 Å². The summed E-state index contributed by atoms with van der Waals surface area (Å²) in [5, 5.41) is 3.12. The number of carbonyl (C=O) groups is 1. The molecular weight excluding hydrogens is 542 g/mol. The lowest BCUT2D eigenvalue weighted by molar-refractivity contribution is -0.131. The van der Waals surface area contributed by atoms with Crippen molar-refractivity contribution in [2.75, 3.05) is 19.4 Å². The molecule has 11 nitrogen and oxygen atoms in total. The van der Waals surface area contributed by atoms with Crippen LogP contribution in [0.1, 0.15) is 31.7 Å². The van der Waals surface area contributed by atoms with E-state index in [0.29, 0.717) is 22.7 Å². The van der Waals surface area contributed by atoms with Gasteiger partial charge in [-0.05, 0) is 19.9 Å². The van der Waals surface area contributed by atoms with E-state index in [0.717, 1.165) is 17.8 Å². The van der Waals surface area contributed by atoms with E-state index in [4.69, 9.17) is 14.9 Å². The Kier molecular flexibility index (Phi) is 7.04. The minimum absolute atomic E-state index is 0.0513. The molecule has 0 radical (unpaired) electrons. The fourth-order valence-corrected chi connectivity index (χ4v) is 6.06. The standard InChI is InChI=1S/C26H26F2N8O3S/c1-25(12-26(2,23(37)36(3)4)40-24(29)35-25)16-7-14(8-17(27)20(16)28)34-22-21-18(32-13-33-22)9-15(10-31-21)39-11-19-30-5-6-38-19/h5-10,13H,11-12H2,1-4H3,(H2,29,35)(H,32,33,34)/t25-,26+/m0/s1. The number of carbonyl (C=O) groups excluding carboxylic acids is 1. The summed E-state index contributed by atoms with van der Waals surface area (Å²) in [4.78, 5) is 35.7. The molecule has 1 aliphatic rings. The molecule has 0 fully saturated rings. The highest BCUT2D eigenvalue weighted by Gasteiger charge is 2.48. The number of aliphatic imine (C=N–C) groups is 1. The zero-order valence-electron chi connectivity index (χ0n) is 22.1. The van der Waals surface area contributed by atoms with Crippen LogP contribution in [0.3, 0.4) is 0 Å². The maximum atomic E-state index is 15.3. The third-order valence-corrected chi connectivity index (χ3v) is 7.46. The van der Waals surface area contributed by atoms with Gasteiger partial charge in [0.15, 0.2) is 29.2 Å². The minimum atomic E-state index is -1.32. The summed E-state index contributed by atoms with van der Waals surface area (Å²) < 4.78 is 40.0. The zero-order valence-corrected chi connectivity index (χ0v) is 22.9. The minimum Gasteiger partial charge on any atom is -0.482 e. The predicted octanol–water partition coefficient (Wildman–Crippen LogP) is 4.13. The van der Waals surface area contributed by atoms with Crippen LogP contribution in [0.4, 0.5) is 20.3 Å². The smallest absolute Gasteiger partial charge is 0.238 e. The van der Waals surface area contributed by atoms with Gasteiger partial charge in [-0.1, -0.05) is 11.8 Å². The van der Waals surface area contributed by atoms with E-state index in [2.05, 4.69) is 30.2 Å². The Labute approximate surface area is 232 Å². The van der Waals surface area contributed by atoms with Crippen molar-refractivity contribution in [3.05, 3.63) is 66.3 Å². The fraction of sp³-hybridized carbons (Fsp3) is 0.308. The number of anilines is 2. The van der Waals surface area contributed by atoms with Gasteiger partial charge in [0.25, 0.3) is 0 Å². The molecule has 0 bridgehead atoms. The van der Waals surface area contributed by atoms with Crippen molar-refractivity contribution in [1.29, 1.82) is 0 Å². The quantitative estimate of drug-likeness (QED) is 0.334. The first-order chi connectivity index (χ1) is 19.0. The Morgan fingerprint density at radius 1 is 1.20 bits per heavy atom. The van der Waals surface area contributed by atoms with Crippen molar-refractivity contribution in [3.8, 4) is 5.75 Å². The van der Waals surface area contributed by atoms with Gasteiger partial charge in [0.05, 0.1) is 23.4 Å². The van der Waals surface area contributed by atoms with Crippen LogP contribution in [-0.4, -0.2) is 54.8 Å². The van der Waals surface area contributed by atoms with Crippen molar-refractivity contribution >= 4 is 45.4 Å². The molecule has 3 aromatic heterocycles. The summed E-state index contributed by atoms with van der Waals surface area (Å²) in [6.07, 6.45) is 5.86. The lowest BCUT2D eigenvalue weighted by Gasteiger charge is -2.41. The first-order valence-corrected chi connectivity index (χ1v) is 12.9. The number of benzene rings is 1. The molecular formula is C26H26F2N8O3S. The number of nitrogens with two attached hydrogens (primary N) is 1.